The van der Waals surface area contributed by atoms with Gasteiger partial charge in [0.15, 0.2) is 5.96 Å². The van der Waals surface area contributed by atoms with Gasteiger partial charge < -0.3 is 25.0 Å². The second-order valence-corrected chi connectivity index (χ2v) is 7.41. The fourth-order valence-electron chi connectivity index (χ4n) is 3.40. The number of hydrogen-bond donors (Lipinski definition) is 2. The second kappa shape index (κ2) is 15.3. The van der Waals surface area contributed by atoms with Gasteiger partial charge in [0.2, 0.25) is 5.91 Å². The quantitative estimate of drug-likeness (QED) is 0.193. The van der Waals surface area contributed by atoms with Crippen LogP contribution in [0.1, 0.15) is 51.9 Å². The van der Waals surface area contributed by atoms with E-state index in [4.69, 9.17) is 14.5 Å². The molecule has 7 nitrogen and oxygen atoms in total. The van der Waals surface area contributed by atoms with Crippen molar-refractivity contribution in [1.82, 2.24) is 15.5 Å². The molecule has 164 valence electrons. The molecule has 1 aliphatic carbocycles. The molecule has 0 spiro atoms. The molecule has 0 aromatic carbocycles. The molecule has 2 N–H and O–H groups in total. The molecule has 2 aliphatic rings. The monoisotopic (exact) mass is 510 g/mol. The van der Waals surface area contributed by atoms with Crippen LogP contribution in [0.5, 0.6) is 0 Å². The van der Waals surface area contributed by atoms with Gasteiger partial charge in [-0.1, -0.05) is 6.42 Å². The third kappa shape index (κ3) is 9.26. The molecule has 8 heteroatoms. The molecule has 0 bridgehead atoms. The van der Waals surface area contributed by atoms with Crippen LogP contribution in [0.25, 0.3) is 0 Å². The lowest BCUT2D eigenvalue weighted by Crippen LogP contribution is -2.47. The van der Waals surface area contributed by atoms with E-state index < -0.39 is 0 Å². The van der Waals surface area contributed by atoms with Crippen molar-refractivity contribution in [3.63, 3.8) is 0 Å². The van der Waals surface area contributed by atoms with Crippen LogP contribution in [0.3, 0.4) is 0 Å². The van der Waals surface area contributed by atoms with Gasteiger partial charge in [0.1, 0.15) is 0 Å². The zero-order valence-corrected chi connectivity index (χ0v) is 19.9. The van der Waals surface area contributed by atoms with Crippen molar-refractivity contribution < 1.29 is 14.3 Å². The standard InChI is InChI=1S/C20H38N4O3.HI/c1-3-21-20(23-12-5-11-22-19(25)17-7-4-8-17)24-13-9-18(10-14-24)27-16-6-15-26-2;/h17-18H,3-16H2,1-2H3,(H,21,23)(H,22,25);1H. The molecule has 2 rings (SSSR count). The van der Waals surface area contributed by atoms with Crippen LogP contribution in [-0.4, -0.2) is 75.9 Å². The van der Waals surface area contributed by atoms with E-state index in [1.807, 2.05) is 0 Å². The Bertz CT molecular complexity index is 453. The van der Waals surface area contributed by atoms with Crippen molar-refractivity contribution in [3.05, 3.63) is 0 Å². The van der Waals surface area contributed by atoms with Crippen molar-refractivity contribution in [2.45, 2.75) is 58.0 Å². The number of carbonyl (C=O) groups is 1. The molecule has 1 saturated heterocycles. The lowest BCUT2D eigenvalue weighted by molar-refractivity contribution is -0.127. The van der Waals surface area contributed by atoms with Gasteiger partial charge in [0, 0.05) is 59.0 Å². The number of methoxy groups -OCH3 is 1. The number of nitrogens with one attached hydrogen (secondary N) is 2. The second-order valence-electron chi connectivity index (χ2n) is 7.41. The Balaban J connectivity index is 0.00000392. The highest BCUT2D eigenvalue weighted by atomic mass is 127. The van der Waals surface area contributed by atoms with Crippen molar-refractivity contribution in [2.75, 3.05) is 53.0 Å². The summed E-state index contributed by atoms with van der Waals surface area (Å²) in [6.07, 6.45) is 7.57. The summed E-state index contributed by atoms with van der Waals surface area (Å²) in [5, 5.41) is 6.43. The normalized spacial score (nSPS) is 18.4. The number of ether oxygens (including phenoxy) is 2. The molecule has 0 atom stereocenters. The summed E-state index contributed by atoms with van der Waals surface area (Å²) in [7, 11) is 1.72. The van der Waals surface area contributed by atoms with E-state index in [1.165, 1.54) is 6.42 Å². The van der Waals surface area contributed by atoms with Crippen molar-refractivity contribution in [2.24, 2.45) is 10.9 Å². The Kier molecular flexibility index (Phi) is 13.9. The van der Waals surface area contributed by atoms with Gasteiger partial charge in [0.05, 0.1) is 6.10 Å². The Hall–Kier alpha value is -0.610. The van der Waals surface area contributed by atoms with Crippen LogP contribution >= 0.6 is 24.0 Å². The highest BCUT2D eigenvalue weighted by molar-refractivity contribution is 14.0. The first-order chi connectivity index (χ1) is 13.2. The molecule has 1 aliphatic heterocycles. The summed E-state index contributed by atoms with van der Waals surface area (Å²) in [6.45, 7) is 7.90. The molecular formula is C20H39IN4O3. The van der Waals surface area contributed by atoms with E-state index in [-0.39, 0.29) is 35.8 Å². The molecule has 1 saturated carbocycles. The van der Waals surface area contributed by atoms with Gasteiger partial charge in [-0.3, -0.25) is 9.79 Å². The van der Waals surface area contributed by atoms with E-state index in [2.05, 4.69) is 22.5 Å². The minimum Gasteiger partial charge on any atom is -0.385 e. The van der Waals surface area contributed by atoms with E-state index in [0.29, 0.717) is 6.10 Å². The smallest absolute Gasteiger partial charge is 0.223 e. The van der Waals surface area contributed by atoms with Crippen molar-refractivity contribution >= 4 is 35.8 Å². The molecule has 1 heterocycles. The average molecular weight is 510 g/mol. The molecule has 0 unspecified atom stereocenters. The fourth-order valence-corrected chi connectivity index (χ4v) is 3.40. The van der Waals surface area contributed by atoms with E-state index >= 15 is 0 Å². The average Bonchev–Trinajstić information content (AvgIpc) is 2.63. The summed E-state index contributed by atoms with van der Waals surface area (Å²) in [5.41, 5.74) is 0. The first kappa shape index (κ1) is 25.4. The lowest BCUT2D eigenvalue weighted by atomic mass is 9.85. The molecule has 2 fully saturated rings. The summed E-state index contributed by atoms with van der Waals surface area (Å²) in [5.74, 6) is 1.48. The van der Waals surface area contributed by atoms with Crippen LogP contribution in [0.15, 0.2) is 4.99 Å². The fraction of sp³-hybridized carbons (Fsp3) is 0.900. The number of guanidine groups is 1. The van der Waals surface area contributed by atoms with Crippen LogP contribution in [0, 0.1) is 5.92 Å². The summed E-state index contributed by atoms with van der Waals surface area (Å²) in [4.78, 5) is 18.9. The van der Waals surface area contributed by atoms with Gasteiger partial charge in [-0.25, -0.2) is 0 Å². The number of amides is 1. The molecular weight excluding hydrogens is 471 g/mol. The Morgan fingerprint density at radius 1 is 1.11 bits per heavy atom. The SMILES string of the molecule is CCNC(=NCCCNC(=O)C1CCC1)N1CCC(OCCCOC)CC1.I. The molecule has 28 heavy (non-hydrogen) atoms. The minimum atomic E-state index is 0. The summed E-state index contributed by atoms with van der Waals surface area (Å²) >= 11 is 0. The zero-order valence-electron chi connectivity index (χ0n) is 17.6. The summed E-state index contributed by atoms with van der Waals surface area (Å²) < 4.78 is 11.0. The Labute approximate surface area is 187 Å². The van der Waals surface area contributed by atoms with Gasteiger partial charge >= 0.3 is 0 Å². The Morgan fingerprint density at radius 2 is 1.86 bits per heavy atom. The molecule has 1 amide bonds. The molecule has 0 aromatic heterocycles. The predicted octanol–water partition coefficient (Wildman–Crippen LogP) is 2.39. The highest BCUT2D eigenvalue weighted by Gasteiger charge is 2.24. The minimum absolute atomic E-state index is 0. The number of carbonyl (C=O) groups excluding carboxylic acids is 1. The zero-order chi connectivity index (χ0) is 19.3. The number of nitrogens with zero attached hydrogens (tertiary/aromatic N) is 2. The number of aliphatic imine (C=N–C) groups is 1. The largest absolute Gasteiger partial charge is 0.385 e. The van der Waals surface area contributed by atoms with Crippen LogP contribution in [0.2, 0.25) is 0 Å². The number of rotatable bonds is 11. The number of halogens is 1. The van der Waals surface area contributed by atoms with E-state index in [9.17, 15) is 4.79 Å². The highest BCUT2D eigenvalue weighted by Crippen LogP contribution is 2.26. The number of hydrogen-bond acceptors (Lipinski definition) is 4. The van der Waals surface area contributed by atoms with Crippen LogP contribution in [0.4, 0.5) is 0 Å². The third-order valence-electron chi connectivity index (χ3n) is 5.29. The van der Waals surface area contributed by atoms with Crippen molar-refractivity contribution in [3.8, 4) is 0 Å². The maximum Gasteiger partial charge on any atom is 0.223 e. The van der Waals surface area contributed by atoms with Crippen LogP contribution < -0.4 is 10.6 Å². The maximum absolute atomic E-state index is 11.8. The topological polar surface area (TPSA) is 75.2 Å². The number of piperidine rings is 1. The van der Waals surface area contributed by atoms with Crippen molar-refractivity contribution in [1.29, 1.82) is 0 Å². The molecule has 0 aromatic rings. The van der Waals surface area contributed by atoms with Gasteiger partial charge in [-0.2, -0.15) is 0 Å². The van der Waals surface area contributed by atoms with E-state index in [0.717, 1.165) is 90.4 Å². The maximum atomic E-state index is 11.8. The Morgan fingerprint density at radius 3 is 2.46 bits per heavy atom. The summed E-state index contributed by atoms with van der Waals surface area (Å²) in [6, 6.07) is 0. The molecule has 0 radical (unpaired) electrons. The predicted molar refractivity (Wildman–Crippen MR) is 123 cm³/mol. The van der Waals surface area contributed by atoms with Gasteiger partial charge in [-0.05, 0) is 45.4 Å². The third-order valence-corrected chi connectivity index (χ3v) is 5.29. The van der Waals surface area contributed by atoms with Crippen LogP contribution in [-0.2, 0) is 14.3 Å². The van der Waals surface area contributed by atoms with Gasteiger partial charge in [0.25, 0.3) is 0 Å². The van der Waals surface area contributed by atoms with E-state index in [1.54, 1.807) is 7.11 Å². The number of likely N-dealkylation sites (tertiary alicyclic amines) is 1. The first-order valence-corrected chi connectivity index (χ1v) is 10.7. The first-order valence-electron chi connectivity index (χ1n) is 10.7. The lowest BCUT2D eigenvalue weighted by Gasteiger charge is -2.34. The van der Waals surface area contributed by atoms with Gasteiger partial charge in [-0.15, -0.1) is 24.0 Å².